The lowest BCUT2D eigenvalue weighted by Gasteiger charge is -2.36. The summed E-state index contributed by atoms with van der Waals surface area (Å²) in [4.78, 5) is 33.1. The highest BCUT2D eigenvalue weighted by Gasteiger charge is 2.41. The fraction of sp³-hybridized carbons (Fsp3) is 0.615. The average Bonchev–Trinajstić information content (AvgIpc) is 3.05. The first-order chi connectivity index (χ1) is 9.69. The fourth-order valence-corrected chi connectivity index (χ4v) is 3.70. The zero-order chi connectivity index (χ0) is 14.1. The fourth-order valence-electron chi connectivity index (χ4n) is 2.80. The summed E-state index contributed by atoms with van der Waals surface area (Å²) in [5.74, 6) is 0.157. The molecule has 0 aliphatic carbocycles. The van der Waals surface area contributed by atoms with Crippen LogP contribution in [0.3, 0.4) is 0 Å². The van der Waals surface area contributed by atoms with Crippen molar-refractivity contribution in [3.63, 3.8) is 0 Å². The average molecular weight is 294 g/mol. The zero-order valence-electron chi connectivity index (χ0n) is 11.5. The molecule has 1 atom stereocenters. The van der Waals surface area contributed by atoms with Gasteiger partial charge in [-0.25, -0.2) is 4.98 Å². The molecule has 1 N–H and O–H groups in total. The molecule has 0 saturated carbocycles. The Morgan fingerprint density at radius 1 is 1.50 bits per heavy atom. The smallest absolute Gasteiger partial charge is 0.246 e. The summed E-state index contributed by atoms with van der Waals surface area (Å²) in [6.45, 7) is 4.25. The number of carbonyl (C=O) groups excluding carboxylic acids is 2. The van der Waals surface area contributed by atoms with Gasteiger partial charge in [0.2, 0.25) is 11.8 Å². The maximum atomic E-state index is 12.4. The summed E-state index contributed by atoms with van der Waals surface area (Å²) in [6, 6.07) is -0.225. The quantitative estimate of drug-likeness (QED) is 0.896. The summed E-state index contributed by atoms with van der Waals surface area (Å²) >= 11 is 1.54. The molecule has 0 bridgehead atoms. The molecular formula is C13H18N4O2S. The molecule has 20 heavy (non-hydrogen) atoms. The number of hydrogen-bond acceptors (Lipinski definition) is 5. The zero-order valence-corrected chi connectivity index (χ0v) is 12.3. The van der Waals surface area contributed by atoms with Gasteiger partial charge in [0, 0.05) is 24.2 Å². The Morgan fingerprint density at radius 3 is 3.15 bits per heavy atom. The second-order valence-corrected chi connectivity index (χ2v) is 6.22. The van der Waals surface area contributed by atoms with Crippen LogP contribution in [0, 0.1) is 0 Å². The van der Waals surface area contributed by atoms with Crippen LogP contribution in [0.1, 0.15) is 24.6 Å². The highest BCUT2D eigenvalue weighted by Crippen LogP contribution is 2.26. The highest BCUT2D eigenvalue weighted by molar-refractivity contribution is 7.15. The van der Waals surface area contributed by atoms with Crippen molar-refractivity contribution in [2.24, 2.45) is 0 Å². The van der Waals surface area contributed by atoms with Crippen molar-refractivity contribution in [2.45, 2.75) is 32.4 Å². The van der Waals surface area contributed by atoms with E-state index in [0.29, 0.717) is 6.54 Å². The number of aromatic nitrogens is 1. The number of hydrogen-bond donors (Lipinski definition) is 1. The Balaban J connectivity index is 1.70. The third-order valence-corrected chi connectivity index (χ3v) is 4.66. The number of piperazine rings is 1. The summed E-state index contributed by atoms with van der Waals surface area (Å²) in [6.07, 6.45) is 3.51. The second-order valence-electron chi connectivity index (χ2n) is 5.10. The first kappa shape index (κ1) is 13.4. The van der Waals surface area contributed by atoms with Crippen LogP contribution < -0.4 is 5.32 Å². The Bertz CT molecular complexity index is 530. The van der Waals surface area contributed by atoms with E-state index in [-0.39, 0.29) is 24.4 Å². The van der Waals surface area contributed by atoms with Gasteiger partial charge in [0.05, 0.1) is 6.54 Å². The van der Waals surface area contributed by atoms with Gasteiger partial charge < -0.3 is 15.1 Å². The first-order valence-corrected chi connectivity index (χ1v) is 7.77. The lowest BCUT2D eigenvalue weighted by molar-refractivity contribution is -0.154. The topological polar surface area (TPSA) is 65.5 Å². The lowest BCUT2D eigenvalue weighted by atomic mass is 10.1. The number of amides is 2. The van der Waals surface area contributed by atoms with Crippen LogP contribution in [-0.2, 0) is 16.1 Å². The Hall–Kier alpha value is -1.63. The first-order valence-electron chi connectivity index (χ1n) is 6.96. The van der Waals surface area contributed by atoms with Crippen LogP contribution in [0.15, 0.2) is 6.20 Å². The minimum Gasteiger partial charge on any atom is -0.362 e. The van der Waals surface area contributed by atoms with E-state index in [1.807, 2.05) is 6.92 Å². The van der Waals surface area contributed by atoms with Crippen molar-refractivity contribution in [1.82, 2.24) is 14.8 Å². The van der Waals surface area contributed by atoms with Crippen LogP contribution in [0.2, 0.25) is 0 Å². The molecule has 1 aromatic heterocycles. The van der Waals surface area contributed by atoms with Crippen molar-refractivity contribution in [3.8, 4) is 0 Å². The largest absolute Gasteiger partial charge is 0.362 e. The number of fused-ring (bicyclic) bond motifs is 1. The molecule has 2 amide bonds. The molecule has 2 aliphatic rings. The van der Waals surface area contributed by atoms with Gasteiger partial charge in [-0.3, -0.25) is 9.59 Å². The molecule has 3 rings (SSSR count). The predicted octanol–water partition coefficient (Wildman–Crippen LogP) is 0.908. The van der Waals surface area contributed by atoms with Crippen LogP contribution in [-0.4, -0.2) is 52.3 Å². The van der Waals surface area contributed by atoms with E-state index in [2.05, 4.69) is 10.3 Å². The normalized spacial score (nSPS) is 22.4. The molecule has 7 heteroatoms. The standard InChI is InChI=1S/C13H18N4O2S/c1-2-14-13-15-6-9(20-13)7-16-8-11(18)17-5-3-4-10(17)12(16)19/h6,10H,2-5,7-8H2,1H3,(H,14,15). The molecule has 3 heterocycles. The van der Waals surface area contributed by atoms with Gasteiger partial charge in [-0.1, -0.05) is 0 Å². The van der Waals surface area contributed by atoms with Gasteiger partial charge in [0.25, 0.3) is 0 Å². The Morgan fingerprint density at radius 2 is 2.35 bits per heavy atom. The number of nitrogens with zero attached hydrogens (tertiary/aromatic N) is 3. The van der Waals surface area contributed by atoms with Crippen LogP contribution in [0.4, 0.5) is 5.13 Å². The molecule has 6 nitrogen and oxygen atoms in total. The van der Waals surface area contributed by atoms with E-state index in [4.69, 9.17) is 0 Å². The third kappa shape index (κ3) is 2.37. The lowest BCUT2D eigenvalue weighted by Crippen LogP contribution is -2.56. The Kier molecular flexibility index (Phi) is 3.60. The van der Waals surface area contributed by atoms with E-state index < -0.39 is 0 Å². The van der Waals surface area contributed by atoms with Crippen molar-refractivity contribution in [3.05, 3.63) is 11.1 Å². The van der Waals surface area contributed by atoms with E-state index in [9.17, 15) is 9.59 Å². The number of thiazole rings is 1. The van der Waals surface area contributed by atoms with E-state index in [0.717, 1.165) is 35.9 Å². The van der Waals surface area contributed by atoms with Crippen molar-refractivity contribution in [1.29, 1.82) is 0 Å². The highest BCUT2D eigenvalue weighted by atomic mass is 32.1. The van der Waals surface area contributed by atoms with Crippen LogP contribution in [0.5, 0.6) is 0 Å². The molecular weight excluding hydrogens is 276 g/mol. The molecule has 2 saturated heterocycles. The number of nitrogens with one attached hydrogen (secondary N) is 1. The van der Waals surface area contributed by atoms with E-state index in [1.165, 1.54) is 11.3 Å². The van der Waals surface area contributed by atoms with Gasteiger partial charge >= 0.3 is 0 Å². The van der Waals surface area contributed by atoms with Gasteiger partial charge in [-0.2, -0.15) is 0 Å². The van der Waals surface area contributed by atoms with Crippen LogP contribution >= 0.6 is 11.3 Å². The molecule has 2 fully saturated rings. The van der Waals surface area contributed by atoms with Crippen molar-refractivity contribution in [2.75, 3.05) is 25.0 Å². The molecule has 108 valence electrons. The van der Waals surface area contributed by atoms with Crippen LogP contribution in [0.25, 0.3) is 0 Å². The van der Waals surface area contributed by atoms with E-state index >= 15 is 0 Å². The Labute approximate surface area is 121 Å². The molecule has 0 radical (unpaired) electrons. The molecule has 1 aromatic rings. The number of anilines is 1. The number of carbonyl (C=O) groups is 2. The summed E-state index contributed by atoms with van der Waals surface area (Å²) in [5.41, 5.74) is 0. The molecule has 0 spiro atoms. The SMILES string of the molecule is CCNc1ncc(CN2CC(=O)N3CCCC3C2=O)s1. The van der Waals surface area contributed by atoms with Crippen molar-refractivity contribution >= 4 is 28.3 Å². The molecule has 2 aliphatic heterocycles. The van der Waals surface area contributed by atoms with Crippen molar-refractivity contribution < 1.29 is 9.59 Å². The second kappa shape index (κ2) is 5.40. The minimum atomic E-state index is -0.225. The summed E-state index contributed by atoms with van der Waals surface area (Å²) in [5, 5.41) is 4.01. The molecule has 0 aromatic carbocycles. The summed E-state index contributed by atoms with van der Waals surface area (Å²) < 4.78 is 0. The summed E-state index contributed by atoms with van der Waals surface area (Å²) in [7, 11) is 0. The third-order valence-electron chi connectivity index (χ3n) is 3.72. The monoisotopic (exact) mass is 294 g/mol. The van der Waals surface area contributed by atoms with E-state index in [1.54, 1.807) is 16.0 Å². The van der Waals surface area contributed by atoms with Gasteiger partial charge in [0.1, 0.15) is 12.6 Å². The maximum absolute atomic E-state index is 12.4. The van der Waals surface area contributed by atoms with Gasteiger partial charge in [-0.05, 0) is 19.8 Å². The predicted molar refractivity (Wildman–Crippen MR) is 76.4 cm³/mol. The van der Waals surface area contributed by atoms with Gasteiger partial charge in [0.15, 0.2) is 5.13 Å². The number of rotatable bonds is 4. The maximum Gasteiger partial charge on any atom is 0.246 e. The van der Waals surface area contributed by atoms with Gasteiger partial charge in [-0.15, -0.1) is 11.3 Å². The minimum absolute atomic E-state index is 0.0727. The molecule has 1 unspecified atom stereocenters.